The highest BCUT2D eigenvalue weighted by atomic mass is 32.2. The zero-order valence-electron chi connectivity index (χ0n) is 8.88. The van der Waals surface area contributed by atoms with Gasteiger partial charge in [0.05, 0.1) is 5.75 Å². The minimum absolute atomic E-state index is 0.244. The number of sulfone groups is 1. The maximum absolute atomic E-state index is 10.9. The van der Waals surface area contributed by atoms with E-state index in [9.17, 15) is 8.42 Å². The van der Waals surface area contributed by atoms with Gasteiger partial charge in [0.2, 0.25) is 0 Å². The van der Waals surface area contributed by atoms with E-state index in [1.54, 1.807) is 0 Å². The first kappa shape index (κ1) is 12.3. The minimum Gasteiger partial charge on any atom is -0.314 e. The second kappa shape index (κ2) is 4.86. The highest BCUT2D eigenvalue weighted by molar-refractivity contribution is 8.00. The normalized spacial score (nSPS) is 28.1. The van der Waals surface area contributed by atoms with Crippen LogP contribution < -0.4 is 5.32 Å². The van der Waals surface area contributed by atoms with Crippen molar-refractivity contribution in [1.82, 2.24) is 5.32 Å². The first-order valence-electron chi connectivity index (χ1n) is 4.94. The summed E-state index contributed by atoms with van der Waals surface area (Å²) in [4.78, 5) is 0. The van der Waals surface area contributed by atoms with Gasteiger partial charge in [-0.05, 0) is 25.5 Å². The van der Waals surface area contributed by atoms with Gasteiger partial charge in [0.25, 0.3) is 0 Å². The average Bonchev–Trinajstić information content (AvgIpc) is 2.45. The molecule has 3 nitrogen and oxygen atoms in total. The van der Waals surface area contributed by atoms with E-state index < -0.39 is 9.84 Å². The van der Waals surface area contributed by atoms with Crippen molar-refractivity contribution in [2.24, 2.45) is 0 Å². The van der Waals surface area contributed by atoms with E-state index >= 15 is 0 Å². The molecule has 1 aliphatic heterocycles. The van der Waals surface area contributed by atoms with Crippen LogP contribution in [0.4, 0.5) is 0 Å². The molecular weight excluding hydrogens is 218 g/mol. The Morgan fingerprint density at radius 2 is 2.21 bits per heavy atom. The van der Waals surface area contributed by atoms with Crippen molar-refractivity contribution in [2.75, 3.05) is 30.9 Å². The third-order valence-electron chi connectivity index (χ3n) is 2.45. The molecule has 5 heteroatoms. The largest absolute Gasteiger partial charge is 0.314 e. The van der Waals surface area contributed by atoms with Crippen LogP contribution in [-0.2, 0) is 9.84 Å². The zero-order valence-corrected chi connectivity index (χ0v) is 10.5. The second-order valence-corrected chi connectivity index (χ2v) is 8.15. The van der Waals surface area contributed by atoms with Gasteiger partial charge in [0, 0.05) is 24.1 Å². The molecule has 14 heavy (non-hydrogen) atoms. The highest BCUT2D eigenvalue weighted by Crippen LogP contribution is 2.36. The summed E-state index contributed by atoms with van der Waals surface area (Å²) >= 11 is 1.99. The molecule has 0 saturated carbocycles. The van der Waals surface area contributed by atoms with Gasteiger partial charge in [-0.25, -0.2) is 8.42 Å². The maximum atomic E-state index is 10.9. The molecule has 0 radical (unpaired) electrons. The van der Waals surface area contributed by atoms with Gasteiger partial charge in [-0.3, -0.25) is 0 Å². The molecule has 1 N–H and O–H groups in total. The Morgan fingerprint density at radius 3 is 2.71 bits per heavy atom. The number of nitrogens with one attached hydrogen (secondary N) is 1. The Hall–Kier alpha value is 0.260. The minimum atomic E-state index is -2.81. The number of thioether (sulfide) groups is 1. The second-order valence-electron chi connectivity index (χ2n) is 4.21. The average molecular weight is 237 g/mol. The summed E-state index contributed by atoms with van der Waals surface area (Å²) < 4.78 is 22.1. The van der Waals surface area contributed by atoms with Crippen molar-refractivity contribution in [1.29, 1.82) is 0 Å². The maximum Gasteiger partial charge on any atom is 0.148 e. The highest BCUT2D eigenvalue weighted by Gasteiger charge is 2.28. The standard InChI is InChI=1S/C9H19NO2S2/c1-9(4-3-6-13-9)8-10-5-7-14(2,11)12/h10H,3-8H2,1-2H3. The van der Waals surface area contributed by atoms with Crippen LogP contribution in [0.1, 0.15) is 19.8 Å². The molecule has 0 bridgehead atoms. The first-order valence-corrected chi connectivity index (χ1v) is 7.98. The van der Waals surface area contributed by atoms with E-state index in [2.05, 4.69) is 12.2 Å². The molecule has 84 valence electrons. The molecule has 1 atom stereocenters. The fraction of sp³-hybridized carbons (Fsp3) is 1.00. The van der Waals surface area contributed by atoms with Gasteiger partial charge in [-0.15, -0.1) is 0 Å². The zero-order chi connectivity index (χ0) is 10.7. The fourth-order valence-electron chi connectivity index (χ4n) is 1.59. The van der Waals surface area contributed by atoms with Gasteiger partial charge in [-0.2, -0.15) is 11.8 Å². The van der Waals surface area contributed by atoms with Gasteiger partial charge in [0.1, 0.15) is 9.84 Å². The molecule has 0 aromatic carbocycles. The van der Waals surface area contributed by atoms with E-state index in [1.165, 1.54) is 24.9 Å². The third kappa shape index (κ3) is 4.66. The summed E-state index contributed by atoms with van der Waals surface area (Å²) in [5.74, 6) is 1.48. The molecular formula is C9H19NO2S2. The lowest BCUT2D eigenvalue weighted by molar-refractivity contribution is 0.544. The lowest BCUT2D eigenvalue weighted by Gasteiger charge is -2.22. The monoisotopic (exact) mass is 237 g/mol. The molecule has 1 aliphatic rings. The summed E-state index contributed by atoms with van der Waals surface area (Å²) in [6, 6.07) is 0. The summed E-state index contributed by atoms with van der Waals surface area (Å²) in [5.41, 5.74) is 0. The van der Waals surface area contributed by atoms with Crippen molar-refractivity contribution in [2.45, 2.75) is 24.5 Å². The van der Waals surface area contributed by atoms with Crippen molar-refractivity contribution in [3.05, 3.63) is 0 Å². The van der Waals surface area contributed by atoms with Crippen LogP contribution in [0.15, 0.2) is 0 Å². The van der Waals surface area contributed by atoms with Crippen LogP contribution in [0.2, 0.25) is 0 Å². The fourth-order valence-corrected chi connectivity index (χ4v) is 3.38. The Kier molecular flexibility index (Phi) is 4.28. The first-order chi connectivity index (χ1) is 6.41. The molecule has 0 aromatic heterocycles. The van der Waals surface area contributed by atoms with Crippen molar-refractivity contribution >= 4 is 21.6 Å². The van der Waals surface area contributed by atoms with Gasteiger partial charge < -0.3 is 5.32 Å². The summed E-state index contributed by atoms with van der Waals surface area (Å²) in [6.45, 7) is 3.75. The quantitative estimate of drug-likeness (QED) is 0.722. The predicted octanol–water partition coefficient (Wildman–Crippen LogP) is 0.906. The van der Waals surface area contributed by atoms with E-state index in [4.69, 9.17) is 0 Å². The molecule has 0 aliphatic carbocycles. The SMILES string of the molecule is CC1(CNCCS(C)(=O)=O)CCCS1. The van der Waals surface area contributed by atoms with Crippen LogP contribution in [0, 0.1) is 0 Å². The Morgan fingerprint density at radius 1 is 1.50 bits per heavy atom. The summed E-state index contributed by atoms with van der Waals surface area (Å²) in [6.07, 6.45) is 3.80. The molecule has 1 rings (SSSR count). The number of hydrogen-bond acceptors (Lipinski definition) is 4. The van der Waals surface area contributed by atoms with E-state index in [-0.39, 0.29) is 5.75 Å². The molecule has 1 heterocycles. The van der Waals surface area contributed by atoms with Gasteiger partial charge in [0.15, 0.2) is 0 Å². The Labute approximate surface area is 91.0 Å². The third-order valence-corrected chi connectivity index (χ3v) is 4.93. The topological polar surface area (TPSA) is 46.2 Å². The lowest BCUT2D eigenvalue weighted by Crippen LogP contribution is -2.35. The van der Waals surface area contributed by atoms with E-state index in [1.807, 2.05) is 11.8 Å². The molecule has 0 aromatic rings. The van der Waals surface area contributed by atoms with Gasteiger partial charge in [-0.1, -0.05) is 0 Å². The van der Waals surface area contributed by atoms with Crippen LogP contribution in [-0.4, -0.2) is 44.0 Å². The van der Waals surface area contributed by atoms with Crippen LogP contribution in [0.5, 0.6) is 0 Å². The van der Waals surface area contributed by atoms with Gasteiger partial charge >= 0.3 is 0 Å². The Bertz CT molecular complexity index is 269. The summed E-state index contributed by atoms with van der Waals surface area (Å²) in [5, 5.41) is 3.22. The molecule has 0 amide bonds. The van der Waals surface area contributed by atoms with Crippen LogP contribution >= 0.6 is 11.8 Å². The molecule has 1 fully saturated rings. The van der Waals surface area contributed by atoms with Crippen LogP contribution in [0.25, 0.3) is 0 Å². The van der Waals surface area contributed by atoms with E-state index in [0.717, 1.165) is 6.54 Å². The molecule has 1 saturated heterocycles. The molecule has 1 unspecified atom stereocenters. The number of rotatable bonds is 5. The van der Waals surface area contributed by atoms with E-state index in [0.29, 0.717) is 11.3 Å². The van der Waals surface area contributed by atoms with Crippen molar-refractivity contribution < 1.29 is 8.42 Å². The Balaban J connectivity index is 2.15. The predicted molar refractivity (Wildman–Crippen MR) is 62.7 cm³/mol. The smallest absolute Gasteiger partial charge is 0.148 e. The van der Waals surface area contributed by atoms with Crippen LogP contribution in [0.3, 0.4) is 0 Å². The molecule has 0 spiro atoms. The van der Waals surface area contributed by atoms with Crippen molar-refractivity contribution in [3.63, 3.8) is 0 Å². The number of hydrogen-bond donors (Lipinski definition) is 1. The lowest BCUT2D eigenvalue weighted by atomic mass is 10.1. The van der Waals surface area contributed by atoms with Crippen molar-refractivity contribution in [3.8, 4) is 0 Å². The summed E-state index contributed by atoms with van der Waals surface area (Å²) in [7, 11) is -2.81.